The minimum Gasteiger partial charge on any atom is -0.477 e. The predicted octanol–water partition coefficient (Wildman–Crippen LogP) is 1.60. The largest absolute Gasteiger partial charge is 0.477 e. The Kier molecular flexibility index (Phi) is 2.24. The van der Waals surface area contributed by atoms with Crippen LogP contribution in [0, 0.1) is 0 Å². The van der Waals surface area contributed by atoms with Crippen LogP contribution >= 0.6 is 0 Å². The van der Waals surface area contributed by atoms with Crippen molar-refractivity contribution in [1.82, 2.24) is 9.47 Å². The number of likely N-dealkylation sites (tertiary alicyclic amines) is 1. The van der Waals surface area contributed by atoms with Gasteiger partial charge in [0.05, 0.1) is 0 Å². The van der Waals surface area contributed by atoms with Crippen LogP contribution in [0.4, 0.5) is 0 Å². The molecule has 16 heavy (non-hydrogen) atoms. The van der Waals surface area contributed by atoms with Gasteiger partial charge in [-0.15, -0.1) is 0 Å². The maximum atomic E-state index is 11.0. The number of aromatic nitrogens is 1. The molecule has 1 aromatic heterocycles. The van der Waals surface area contributed by atoms with Crippen molar-refractivity contribution >= 4 is 5.97 Å². The average Bonchev–Trinajstić information content (AvgIpc) is 2.83. The number of hydrogen-bond acceptors (Lipinski definition) is 2. The maximum Gasteiger partial charge on any atom is 0.352 e. The number of carbonyl (C=O) groups is 1. The van der Waals surface area contributed by atoms with Crippen molar-refractivity contribution in [2.24, 2.45) is 0 Å². The molecule has 1 aliphatic heterocycles. The molecule has 2 heterocycles. The van der Waals surface area contributed by atoms with Gasteiger partial charge in [-0.2, -0.15) is 0 Å². The van der Waals surface area contributed by atoms with Gasteiger partial charge in [0, 0.05) is 31.4 Å². The van der Waals surface area contributed by atoms with Gasteiger partial charge in [-0.1, -0.05) is 0 Å². The Morgan fingerprint density at radius 1 is 1.31 bits per heavy atom. The maximum absolute atomic E-state index is 11.0. The van der Waals surface area contributed by atoms with Crippen LogP contribution in [0.1, 0.15) is 35.8 Å². The van der Waals surface area contributed by atoms with Crippen LogP contribution in [-0.2, 0) is 0 Å². The van der Waals surface area contributed by atoms with Gasteiger partial charge in [-0.25, -0.2) is 4.79 Å². The summed E-state index contributed by atoms with van der Waals surface area (Å²) in [6, 6.07) is 4.64. The fraction of sp³-hybridized carbons (Fsp3) is 0.583. The Morgan fingerprint density at radius 3 is 2.81 bits per heavy atom. The fourth-order valence-corrected chi connectivity index (χ4v) is 2.66. The Bertz CT molecular complexity index is 409. The second kappa shape index (κ2) is 3.63. The molecular formula is C12H16N2O2. The summed E-state index contributed by atoms with van der Waals surface area (Å²) in [5, 5.41) is 9.07. The molecular weight excluding hydrogens is 204 g/mol. The van der Waals surface area contributed by atoms with E-state index < -0.39 is 5.97 Å². The highest BCUT2D eigenvalue weighted by atomic mass is 16.4. The van der Waals surface area contributed by atoms with Crippen LogP contribution in [0.2, 0.25) is 0 Å². The van der Waals surface area contributed by atoms with Crippen LogP contribution in [0.25, 0.3) is 0 Å². The Morgan fingerprint density at radius 2 is 2.12 bits per heavy atom. The molecule has 0 radical (unpaired) electrons. The zero-order valence-corrected chi connectivity index (χ0v) is 9.17. The second-order valence-electron chi connectivity index (χ2n) is 4.77. The average molecular weight is 220 g/mol. The highest BCUT2D eigenvalue weighted by molar-refractivity contribution is 5.85. The monoisotopic (exact) mass is 220 g/mol. The number of carboxylic acids is 1. The van der Waals surface area contributed by atoms with Crippen molar-refractivity contribution in [3.8, 4) is 0 Å². The van der Waals surface area contributed by atoms with E-state index in [2.05, 4.69) is 4.90 Å². The smallest absolute Gasteiger partial charge is 0.352 e. The summed E-state index contributed by atoms with van der Waals surface area (Å²) >= 11 is 0. The van der Waals surface area contributed by atoms with Crippen molar-refractivity contribution in [1.29, 1.82) is 0 Å². The molecule has 1 aliphatic carbocycles. The third kappa shape index (κ3) is 1.63. The van der Waals surface area contributed by atoms with Gasteiger partial charge in [-0.05, 0) is 31.4 Å². The first-order valence-corrected chi connectivity index (χ1v) is 5.90. The van der Waals surface area contributed by atoms with Gasteiger partial charge < -0.3 is 9.67 Å². The van der Waals surface area contributed by atoms with Crippen LogP contribution in [0.5, 0.6) is 0 Å². The topological polar surface area (TPSA) is 45.5 Å². The lowest BCUT2D eigenvalue weighted by molar-refractivity contribution is 0.0682. The van der Waals surface area contributed by atoms with Gasteiger partial charge in [0.25, 0.3) is 0 Å². The summed E-state index contributed by atoms with van der Waals surface area (Å²) in [5.41, 5.74) is 0.419. The molecule has 1 N–H and O–H groups in total. The Labute approximate surface area is 94.5 Å². The van der Waals surface area contributed by atoms with Crippen LogP contribution in [0.15, 0.2) is 18.3 Å². The number of nitrogens with zero attached hydrogens (tertiary/aromatic N) is 2. The molecule has 3 rings (SSSR count). The van der Waals surface area contributed by atoms with Crippen LogP contribution in [0.3, 0.4) is 0 Å². The molecule has 4 heteroatoms. The highest BCUT2D eigenvalue weighted by Crippen LogP contribution is 2.33. The standard InChI is InChI=1S/C12H16N2O2/c15-12(16)11-2-1-6-14(11)10-5-7-13(8-10)9-3-4-9/h1-2,6,9-10H,3-5,7-8H2,(H,15,16). The number of aromatic carboxylic acids is 1. The molecule has 1 aromatic rings. The Hall–Kier alpha value is -1.29. The van der Waals surface area contributed by atoms with E-state index in [-0.39, 0.29) is 0 Å². The molecule has 1 unspecified atom stereocenters. The zero-order chi connectivity index (χ0) is 11.1. The van der Waals surface area contributed by atoms with Crippen molar-refractivity contribution < 1.29 is 9.90 Å². The lowest BCUT2D eigenvalue weighted by Crippen LogP contribution is -2.24. The van der Waals surface area contributed by atoms with Gasteiger partial charge >= 0.3 is 5.97 Å². The summed E-state index contributed by atoms with van der Waals surface area (Å²) in [7, 11) is 0. The normalized spacial score (nSPS) is 26.1. The van der Waals surface area contributed by atoms with Crippen LogP contribution in [-0.4, -0.2) is 39.7 Å². The van der Waals surface area contributed by atoms with Crippen molar-refractivity contribution in [2.75, 3.05) is 13.1 Å². The van der Waals surface area contributed by atoms with E-state index in [0.29, 0.717) is 11.7 Å². The summed E-state index contributed by atoms with van der Waals surface area (Å²) < 4.78 is 1.92. The van der Waals surface area contributed by atoms with E-state index >= 15 is 0 Å². The minimum absolute atomic E-state index is 0.349. The molecule has 0 bridgehead atoms. The van der Waals surface area contributed by atoms with E-state index in [0.717, 1.165) is 25.6 Å². The van der Waals surface area contributed by atoms with E-state index in [1.54, 1.807) is 6.07 Å². The highest BCUT2D eigenvalue weighted by Gasteiger charge is 2.35. The molecule has 86 valence electrons. The van der Waals surface area contributed by atoms with E-state index in [9.17, 15) is 4.79 Å². The molecule has 1 saturated heterocycles. The number of rotatable bonds is 3. The van der Waals surface area contributed by atoms with E-state index in [4.69, 9.17) is 5.11 Å². The first-order valence-electron chi connectivity index (χ1n) is 5.90. The third-order valence-electron chi connectivity index (χ3n) is 3.65. The van der Waals surface area contributed by atoms with Gasteiger partial charge in [0.1, 0.15) is 5.69 Å². The zero-order valence-electron chi connectivity index (χ0n) is 9.17. The second-order valence-corrected chi connectivity index (χ2v) is 4.77. The van der Waals surface area contributed by atoms with Crippen LogP contribution < -0.4 is 0 Å². The summed E-state index contributed by atoms with van der Waals surface area (Å²) in [4.78, 5) is 13.5. The lowest BCUT2D eigenvalue weighted by atomic mass is 10.2. The molecule has 2 aliphatic rings. The van der Waals surface area contributed by atoms with Crippen molar-refractivity contribution in [3.05, 3.63) is 24.0 Å². The molecule has 1 saturated carbocycles. The third-order valence-corrected chi connectivity index (χ3v) is 3.65. The summed E-state index contributed by atoms with van der Waals surface area (Å²) in [6.45, 7) is 2.13. The van der Waals surface area contributed by atoms with E-state index in [1.807, 2.05) is 16.8 Å². The quantitative estimate of drug-likeness (QED) is 0.841. The van der Waals surface area contributed by atoms with E-state index in [1.165, 1.54) is 12.8 Å². The number of carboxylic acid groups (broad SMARTS) is 1. The van der Waals surface area contributed by atoms with Gasteiger partial charge in [0.15, 0.2) is 0 Å². The van der Waals surface area contributed by atoms with Crippen molar-refractivity contribution in [2.45, 2.75) is 31.3 Å². The summed E-state index contributed by atoms with van der Waals surface area (Å²) in [5.74, 6) is -0.824. The lowest BCUT2D eigenvalue weighted by Gasteiger charge is -2.17. The SMILES string of the molecule is O=C(O)c1cccn1C1CCN(C2CC2)C1. The predicted molar refractivity (Wildman–Crippen MR) is 59.6 cm³/mol. The summed E-state index contributed by atoms with van der Waals surface area (Å²) in [6.07, 6.45) is 5.62. The molecule has 4 nitrogen and oxygen atoms in total. The van der Waals surface area contributed by atoms with Gasteiger partial charge in [0.2, 0.25) is 0 Å². The number of hydrogen-bond donors (Lipinski definition) is 1. The molecule has 0 aromatic carbocycles. The molecule has 0 spiro atoms. The molecule has 1 atom stereocenters. The molecule has 0 amide bonds. The first-order chi connectivity index (χ1) is 7.75. The van der Waals surface area contributed by atoms with Crippen molar-refractivity contribution in [3.63, 3.8) is 0 Å². The minimum atomic E-state index is -0.824. The fourth-order valence-electron chi connectivity index (χ4n) is 2.66. The first kappa shape index (κ1) is 9.90. The molecule has 2 fully saturated rings. The van der Waals surface area contributed by atoms with Gasteiger partial charge in [-0.3, -0.25) is 4.90 Å². The Balaban J connectivity index is 1.77.